The SMILES string of the molecule is Cc1cc(F)ccc1-n1cc(C)c(=O)c(C(=O)O)n1. The van der Waals surface area contributed by atoms with E-state index in [2.05, 4.69) is 5.10 Å². The first kappa shape index (κ1) is 12.9. The van der Waals surface area contributed by atoms with Gasteiger partial charge in [-0.3, -0.25) is 4.79 Å². The van der Waals surface area contributed by atoms with Gasteiger partial charge < -0.3 is 5.11 Å². The lowest BCUT2D eigenvalue weighted by atomic mass is 10.2. The van der Waals surface area contributed by atoms with E-state index in [4.69, 9.17) is 5.11 Å². The minimum absolute atomic E-state index is 0.260. The first-order valence-electron chi connectivity index (χ1n) is 5.50. The average Bonchev–Trinajstić information content (AvgIpc) is 2.32. The van der Waals surface area contributed by atoms with Gasteiger partial charge in [-0.05, 0) is 37.6 Å². The molecule has 98 valence electrons. The lowest BCUT2D eigenvalue weighted by Crippen LogP contribution is -2.23. The van der Waals surface area contributed by atoms with Gasteiger partial charge in [0.2, 0.25) is 11.1 Å². The molecule has 5 nitrogen and oxygen atoms in total. The van der Waals surface area contributed by atoms with Gasteiger partial charge in [-0.1, -0.05) is 0 Å². The smallest absolute Gasteiger partial charge is 0.360 e. The lowest BCUT2D eigenvalue weighted by molar-refractivity contribution is 0.0686. The van der Waals surface area contributed by atoms with Crippen molar-refractivity contribution in [1.82, 2.24) is 9.78 Å². The molecule has 1 heterocycles. The van der Waals surface area contributed by atoms with Gasteiger partial charge in [0.15, 0.2) is 0 Å². The molecule has 0 aliphatic rings. The number of benzene rings is 1. The van der Waals surface area contributed by atoms with Crippen LogP contribution in [0.3, 0.4) is 0 Å². The number of carbonyl (C=O) groups is 1. The number of rotatable bonds is 2. The second-order valence-electron chi connectivity index (χ2n) is 4.17. The largest absolute Gasteiger partial charge is 0.476 e. The van der Waals surface area contributed by atoms with Crippen molar-refractivity contribution in [2.75, 3.05) is 0 Å². The fourth-order valence-electron chi connectivity index (χ4n) is 1.75. The van der Waals surface area contributed by atoms with Gasteiger partial charge in [0.1, 0.15) is 5.82 Å². The maximum atomic E-state index is 13.0. The van der Waals surface area contributed by atoms with Crippen LogP contribution in [0.5, 0.6) is 0 Å². The number of hydrogen-bond donors (Lipinski definition) is 1. The minimum atomic E-state index is -1.39. The third-order valence-corrected chi connectivity index (χ3v) is 2.71. The van der Waals surface area contributed by atoms with E-state index in [0.717, 1.165) is 0 Å². The second-order valence-corrected chi connectivity index (χ2v) is 4.17. The van der Waals surface area contributed by atoms with Crippen molar-refractivity contribution in [3.05, 3.63) is 57.3 Å². The number of hydrogen-bond acceptors (Lipinski definition) is 3. The van der Waals surface area contributed by atoms with Gasteiger partial charge in [-0.2, -0.15) is 5.10 Å². The molecule has 2 aromatic rings. The Morgan fingerprint density at radius 2 is 2.00 bits per heavy atom. The molecule has 2 rings (SSSR count). The second kappa shape index (κ2) is 4.64. The highest BCUT2D eigenvalue weighted by Gasteiger charge is 2.15. The molecule has 0 fully saturated rings. The molecule has 19 heavy (non-hydrogen) atoms. The van der Waals surface area contributed by atoms with E-state index in [1.165, 1.54) is 36.0 Å². The Morgan fingerprint density at radius 3 is 2.58 bits per heavy atom. The van der Waals surface area contributed by atoms with Crippen molar-refractivity contribution < 1.29 is 14.3 Å². The Labute approximate surface area is 107 Å². The van der Waals surface area contributed by atoms with Crippen molar-refractivity contribution in [2.45, 2.75) is 13.8 Å². The maximum Gasteiger partial charge on any atom is 0.360 e. The monoisotopic (exact) mass is 262 g/mol. The van der Waals surface area contributed by atoms with Gasteiger partial charge >= 0.3 is 5.97 Å². The predicted molar refractivity (Wildman–Crippen MR) is 66.2 cm³/mol. The number of carboxylic acid groups (broad SMARTS) is 1. The molecule has 0 bridgehead atoms. The number of nitrogens with zero attached hydrogens (tertiary/aromatic N) is 2. The topological polar surface area (TPSA) is 72.2 Å². The molecule has 0 saturated carbocycles. The number of halogens is 1. The van der Waals surface area contributed by atoms with Gasteiger partial charge in [0.05, 0.1) is 5.69 Å². The summed E-state index contributed by atoms with van der Waals surface area (Å²) in [4.78, 5) is 22.6. The Morgan fingerprint density at radius 1 is 1.32 bits per heavy atom. The van der Waals surface area contributed by atoms with E-state index in [1.807, 2.05) is 0 Å². The van der Waals surface area contributed by atoms with Crippen LogP contribution < -0.4 is 5.43 Å². The molecule has 0 unspecified atom stereocenters. The molecule has 1 aromatic carbocycles. The predicted octanol–water partition coefficient (Wildman–Crippen LogP) is 1.69. The van der Waals surface area contributed by atoms with Crippen molar-refractivity contribution in [3.63, 3.8) is 0 Å². The third-order valence-electron chi connectivity index (χ3n) is 2.71. The molecule has 0 saturated heterocycles. The van der Waals surface area contributed by atoms with Crippen molar-refractivity contribution in [3.8, 4) is 5.69 Å². The van der Waals surface area contributed by atoms with Gasteiger partial charge in [-0.15, -0.1) is 0 Å². The molecule has 1 aromatic heterocycles. The van der Waals surface area contributed by atoms with Crippen molar-refractivity contribution in [2.24, 2.45) is 0 Å². The Bertz CT molecular complexity index is 722. The summed E-state index contributed by atoms with van der Waals surface area (Å²) in [6.45, 7) is 3.18. The molecule has 0 aliphatic heterocycles. The third kappa shape index (κ3) is 2.37. The number of aryl methyl sites for hydroxylation is 2. The van der Waals surface area contributed by atoms with Crippen LogP contribution in [0.1, 0.15) is 21.6 Å². The summed E-state index contributed by atoms with van der Waals surface area (Å²) in [5.74, 6) is -1.78. The molecule has 0 amide bonds. The van der Waals surface area contributed by atoms with Gasteiger partial charge in [0, 0.05) is 11.8 Å². The van der Waals surface area contributed by atoms with E-state index < -0.39 is 22.9 Å². The summed E-state index contributed by atoms with van der Waals surface area (Å²) in [5.41, 5.74) is 0.197. The molecule has 1 N–H and O–H groups in total. The van der Waals surface area contributed by atoms with Crippen LogP contribution in [0.4, 0.5) is 4.39 Å². The molecular formula is C13H11FN2O3. The van der Waals surface area contributed by atoms with Crippen LogP contribution in [0, 0.1) is 19.7 Å². The zero-order valence-corrected chi connectivity index (χ0v) is 10.3. The highest BCUT2D eigenvalue weighted by atomic mass is 19.1. The number of carboxylic acids is 1. The van der Waals surface area contributed by atoms with E-state index in [1.54, 1.807) is 6.92 Å². The number of aromatic nitrogens is 2. The first-order chi connectivity index (χ1) is 8.90. The van der Waals surface area contributed by atoms with Crippen molar-refractivity contribution in [1.29, 1.82) is 0 Å². The van der Waals surface area contributed by atoms with Crippen LogP contribution >= 0.6 is 0 Å². The van der Waals surface area contributed by atoms with E-state index in [9.17, 15) is 14.0 Å². The fourth-order valence-corrected chi connectivity index (χ4v) is 1.75. The molecule has 0 spiro atoms. The fraction of sp³-hybridized carbons (Fsp3) is 0.154. The molecule has 0 aliphatic carbocycles. The molecule has 6 heteroatoms. The Kier molecular flexibility index (Phi) is 3.16. The summed E-state index contributed by atoms with van der Waals surface area (Å²) in [6.07, 6.45) is 1.43. The summed E-state index contributed by atoms with van der Waals surface area (Å²) >= 11 is 0. The first-order valence-corrected chi connectivity index (χ1v) is 5.50. The van der Waals surface area contributed by atoms with Crippen molar-refractivity contribution >= 4 is 5.97 Å². The van der Waals surface area contributed by atoms with Crippen LogP contribution in [0.2, 0.25) is 0 Å². The minimum Gasteiger partial charge on any atom is -0.476 e. The van der Waals surface area contributed by atoms with Crippen LogP contribution in [0.15, 0.2) is 29.2 Å². The standard InChI is InChI=1S/C13H11FN2O3/c1-7-5-9(14)3-4-10(7)16-6-8(2)12(17)11(15-16)13(18)19/h3-6H,1-2H3,(H,18,19). The van der Waals surface area contributed by atoms with Crippen LogP contribution in [0.25, 0.3) is 5.69 Å². The van der Waals surface area contributed by atoms with Crippen LogP contribution in [-0.4, -0.2) is 20.9 Å². The summed E-state index contributed by atoms with van der Waals surface area (Å²) < 4.78 is 14.3. The lowest BCUT2D eigenvalue weighted by Gasteiger charge is -2.10. The highest BCUT2D eigenvalue weighted by Crippen LogP contribution is 2.14. The normalized spacial score (nSPS) is 10.5. The zero-order chi connectivity index (χ0) is 14.2. The zero-order valence-electron chi connectivity index (χ0n) is 10.3. The van der Waals surface area contributed by atoms with E-state index in [0.29, 0.717) is 11.3 Å². The molecule has 0 atom stereocenters. The average molecular weight is 262 g/mol. The highest BCUT2D eigenvalue weighted by molar-refractivity contribution is 5.85. The van der Waals surface area contributed by atoms with Gasteiger partial charge in [-0.25, -0.2) is 13.9 Å². The Hall–Kier alpha value is -2.50. The quantitative estimate of drug-likeness (QED) is 0.893. The number of aromatic carboxylic acids is 1. The summed E-state index contributed by atoms with van der Waals surface area (Å²) in [5, 5.41) is 12.7. The summed E-state index contributed by atoms with van der Waals surface area (Å²) in [7, 11) is 0. The van der Waals surface area contributed by atoms with E-state index in [-0.39, 0.29) is 5.56 Å². The van der Waals surface area contributed by atoms with E-state index >= 15 is 0 Å². The molecular weight excluding hydrogens is 251 g/mol. The maximum absolute atomic E-state index is 13.0. The van der Waals surface area contributed by atoms with Crippen LogP contribution in [-0.2, 0) is 0 Å². The molecule has 0 radical (unpaired) electrons. The Balaban J connectivity index is 2.70. The summed E-state index contributed by atoms with van der Waals surface area (Å²) in [6, 6.07) is 4.04. The van der Waals surface area contributed by atoms with Gasteiger partial charge in [0.25, 0.3) is 0 Å².